The Morgan fingerprint density at radius 2 is 1.67 bits per heavy atom. The Balaban J connectivity index is 0.857. The second-order valence-corrected chi connectivity index (χ2v) is 25.4. The smallest absolute Gasteiger partial charge is 0.409 e. The van der Waals surface area contributed by atoms with Crippen molar-refractivity contribution in [2.45, 2.75) is 101 Å². The maximum absolute atomic E-state index is 14.4. The minimum atomic E-state index is -1.89. The molecular weight excluding hydrogens is 1180 g/mol. The number of anilines is 1. The third-order valence-corrected chi connectivity index (χ3v) is 19.0. The fourth-order valence-corrected chi connectivity index (χ4v) is 13.6. The number of hydrogen-bond acceptors (Lipinski definition) is 17. The van der Waals surface area contributed by atoms with Crippen molar-refractivity contribution >= 4 is 91.9 Å². The number of thiophene rings is 1. The van der Waals surface area contributed by atoms with Crippen LogP contribution in [0, 0.1) is 5.92 Å². The lowest BCUT2D eigenvalue weighted by molar-refractivity contribution is -0.157. The number of aromatic nitrogens is 1. The number of halogens is 1. The fraction of sp³-hybridized carbons (Fsp3) is 0.387. The fourth-order valence-electron chi connectivity index (χ4n) is 10.4. The highest BCUT2D eigenvalue weighted by Gasteiger charge is 2.64. The van der Waals surface area contributed by atoms with Crippen molar-refractivity contribution < 1.29 is 67.5 Å². The Morgan fingerprint density at radius 3 is 2.36 bits per heavy atom. The molecule has 86 heavy (non-hydrogen) atoms. The predicted octanol–water partition coefficient (Wildman–Crippen LogP) is 8.82. The molecule has 0 radical (unpaired) electrons. The average Bonchev–Trinajstić information content (AvgIpc) is 1.61. The van der Waals surface area contributed by atoms with Crippen molar-refractivity contribution in [1.29, 1.82) is 0 Å². The molecule has 4 bridgehead atoms. The van der Waals surface area contributed by atoms with Gasteiger partial charge in [-0.1, -0.05) is 119 Å². The van der Waals surface area contributed by atoms with E-state index in [2.05, 4.69) is 20.9 Å². The molecule has 5 N–H and O–H groups in total. The lowest BCUT2D eigenvalue weighted by Gasteiger charge is -2.42. The van der Waals surface area contributed by atoms with Crippen molar-refractivity contribution in [3.63, 3.8) is 0 Å². The summed E-state index contributed by atoms with van der Waals surface area (Å²) in [6.45, 7) is 4.82. The molecule has 2 saturated heterocycles. The summed E-state index contributed by atoms with van der Waals surface area (Å²) in [6, 6.07) is 24.0. The van der Waals surface area contributed by atoms with Crippen LogP contribution in [0.25, 0.3) is 22.3 Å². The number of esters is 1. The van der Waals surface area contributed by atoms with Crippen LogP contribution < -0.4 is 25.6 Å². The highest BCUT2D eigenvalue weighted by atomic mass is 35.5. The Morgan fingerprint density at radius 1 is 0.977 bits per heavy atom. The highest BCUT2D eigenvalue weighted by molar-refractivity contribution is 8.76. The number of aliphatic hydroxyl groups is 1. The van der Waals surface area contributed by atoms with Crippen LogP contribution in [0.4, 0.5) is 10.5 Å². The van der Waals surface area contributed by atoms with Crippen molar-refractivity contribution in [3.8, 4) is 28.0 Å². The summed E-state index contributed by atoms with van der Waals surface area (Å²) in [5.41, 5.74) is 3.26. The molecule has 20 nitrogen and oxygen atoms in total. The quantitative estimate of drug-likeness (QED) is 0.0211. The van der Waals surface area contributed by atoms with Gasteiger partial charge in [0.2, 0.25) is 17.7 Å². The molecule has 3 aromatic carbocycles. The molecule has 0 saturated carbocycles. The molecular formula is C62H69ClN6O14S3. The van der Waals surface area contributed by atoms with E-state index in [0.717, 1.165) is 44.2 Å². The second-order valence-electron chi connectivity index (χ2n) is 21.5. The Bertz CT molecular complexity index is 3340. The summed E-state index contributed by atoms with van der Waals surface area (Å²) in [5.74, 6) is -4.18. The first kappa shape index (κ1) is 64.7. The molecule has 5 heterocycles. The zero-order chi connectivity index (χ0) is 61.9. The zero-order valence-corrected chi connectivity index (χ0v) is 51.7. The molecule has 9 atom stereocenters. The van der Waals surface area contributed by atoms with Crippen molar-refractivity contribution in [2.75, 3.05) is 51.3 Å². The standard InChI is InChI=1S/C62H69ClN6O14S3/c1-36-12-11-15-50(80-7)62(78)32-48(81-60(77)67-62)37(2)57-61(3,83-57)51(31-54(72)69(5)46-27-38(26-36)28-47(79-6)56(46)63)82-55(73)33-68(4)53(71)22-25-85-86-35-45(59(75)76)65-52(70)30-44(42-13-9-8-10-14-42)66-58(74)49-29-43(34-84-49)40-18-16-39(17-19-40)41-20-23-64-24-21-41/h8-21,23-24,27-29,34,37,44-45,48,50-51,57,78H,22,25-26,30-33,35H2,1-7H3,(H,65,70)(H,66,74)(H,67,77)(H,75,76)/b15-11+,36-12+/t37-,44+,45?,48?,50-,51+,57-,61-,62+/m0/s1. The Kier molecular flexibility index (Phi) is 21.8. The number of methoxy groups -OCH3 is 2. The first-order valence-corrected chi connectivity index (χ1v) is 31.4. The molecule has 3 aliphatic rings. The number of nitrogens with one attached hydrogen (secondary N) is 3. The van der Waals surface area contributed by atoms with Crippen molar-refractivity contribution in [1.82, 2.24) is 25.8 Å². The largest absolute Gasteiger partial charge is 0.495 e. The van der Waals surface area contributed by atoms with Gasteiger partial charge in [0.25, 0.3) is 5.91 Å². The van der Waals surface area contributed by atoms with Crippen LogP contribution in [0.15, 0.2) is 127 Å². The van der Waals surface area contributed by atoms with E-state index in [0.29, 0.717) is 28.3 Å². The van der Waals surface area contributed by atoms with Crippen molar-refractivity contribution in [3.05, 3.63) is 148 Å². The lowest BCUT2D eigenvalue weighted by Crippen LogP contribution is -2.63. The molecule has 2 fully saturated rings. The predicted molar refractivity (Wildman–Crippen MR) is 330 cm³/mol. The number of aliphatic carboxylic acids is 1. The molecule has 8 rings (SSSR count). The summed E-state index contributed by atoms with van der Waals surface area (Å²) in [6.07, 6.45) is 3.46. The maximum atomic E-state index is 14.4. The Hall–Kier alpha value is -7.25. The number of carboxylic acid groups (broad SMARTS) is 1. The number of ether oxygens (including phenoxy) is 5. The number of allylic oxidation sites excluding steroid dienone is 3. The van der Waals surface area contributed by atoms with Gasteiger partial charge in [-0.2, -0.15) is 0 Å². The van der Waals surface area contributed by atoms with Gasteiger partial charge in [-0.15, -0.1) is 11.3 Å². The number of amides is 5. The van der Waals surface area contributed by atoms with Crippen LogP contribution in [0.2, 0.25) is 5.02 Å². The molecule has 2 unspecified atom stereocenters. The van der Waals surface area contributed by atoms with Crippen LogP contribution in [0.3, 0.4) is 0 Å². The van der Waals surface area contributed by atoms with E-state index in [1.54, 1.807) is 80.9 Å². The van der Waals surface area contributed by atoms with Crippen LogP contribution in [-0.4, -0.2) is 150 Å². The topological polar surface area (TPSA) is 265 Å². The van der Waals surface area contributed by atoms with Gasteiger partial charge in [0, 0.05) is 63.9 Å². The van der Waals surface area contributed by atoms with E-state index in [-0.39, 0.29) is 35.8 Å². The summed E-state index contributed by atoms with van der Waals surface area (Å²) >= 11 is 8.09. The van der Waals surface area contributed by atoms with Gasteiger partial charge in [0.15, 0.2) is 5.72 Å². The first-order chi connectivity index (χ1) is 41.1. The van der Waals surface area contributed by atoms with Crippen LogP contribution in [0.5, 0.6) is 5.75 Å². The second kappa shape index (κ2) is 29.0. The SMILES string of the molecule is COc1cc2cc(c1Cl)N(C)C(=O)C[C@@H](OC(=O)CN(C)C(=O)CCSSCC(NC(=O)C[C@@H](NC(=O)c1cc(-c3ccc(-c4ccncc4)cc3)cs1)c1ccccc1)C(=O)O)[C@]1(C)O[C@H]1[C@@H](C)C1C[C@](O)(NC(=O)O1)[C@@H](OC)/C=C/C=C(\C)C2. The summed E-state index contributed by atoms with van der Waals surface area (Å²) < 4.78 is 29.3. The molecule has 3 aliphatic heterocycles. The number of carbonyl (C=O) groups is 7. The summed E-state index contributed by atoms with van der Waals surface area (Å²) in [7, 11) is 8.17. The van der Waals surface area contributed by atoms with Gasteiger partial charge in [-0.05, 0) is 89.4 Å². The van der Waals surface area contributed by atoms with Gasteiger partial charge in [0.05, 0.1) is 42.7 Å². The number of carboxylic acids is 1. The number of hydrogen-bond donors (Lipinski definition) is 5. The highest BCUT2D eigenvalue weighted by Crippen LogP contribution is 2.49. The minimum Gasteiger partial charge on any atom is -0.495 e. The van der Waals surface area contributed by atoms with Crippen molar-refractivity contribution in [2.24, 2.45) is 5.92 Å². The number of epoxide rings is 1. The third kappa shape index (κ3) is 16.2. The molecule has 456 valence electrons. The lowest BCUT2D eigenvalue weighted by atomic mass is 9.83. The van der Waals surface area contributed by atoms with E-state index in [4.69, 9.17) is 35.3 Å². The number of benzene rings is 3. The molecule has 24 heteroatoms. The zero-order valence-electron chi connectivity index (χ0n) is 48.5. The van der Waals surface area contributed by atoms with Crippen LogP contribution >= 0.6 is 44.5 Å². The van der Waals surface area contributed by atoms with Gasteiger partial charge < -0.3 is 54.3 Å². The van der Waals surface area contributed by atoms with Gasteiger partial charge >= 0.3 is 18.0 Å². The number of nitrogens with zero attached hydrogens (tertiary/aromatic N) is 3. The molecule has 0 aliphatic carbocycles. The molecule has 5 aromatic rings. The molecule has 2 aromatic heterocycles. The maximum Gasteiger partial charge on any atom is 0.409 e. The number of rotatable bonds is 20. The van der Waals surface area contributed by atoms with Gasteiger partial charge in [-0.3, -0.25) is 34.3 Å². The normalized spacial score (nSPS) is 23.8. The van der Waals surface area contributed by atoms with Gasteiger partial charge in [0.1, 0.15) is 47.3 Å². The number of fused-ring (bicyclic) bond motifs is 5. The number of likely N-dealkylation sites (N-methyl/N-ethyl adjacent to an activating group) is 1. The Labute approximate surface area is 515 Å². The van der Waals surface area contributed by atoms with Gasteiger partial charge in [-0.25, -0.2) is 9.59 Å². The number of pyridine rings is 1. The van der Waals surface area contributed by atoms with E-state index in [1.807, 2.05) is 60.8 Å². The summed E-state index contributed by atoms with van der Waals surface area (Å²) in [4.78, 5) is 101. The average molecular weight is 1250 g/mol. The third-order valence-electron chi connectivity index (χ3n) is 15.3. The van der Waals surface area contributed by atoms with E-state index < -0.39 is 108 Å². The summed E-state index contributed by atoms with van der Waals surface area (Å²) in [5, 5.41) is 32.1. The van der Waals surface area contributed by atoms with Crippen LogP contribution in [0.1, 0.15) is 73.3 Å². The van der Waals surface area contributed by atoms with E-state index in [9.17, 15) is 43.8 Å². The first-order valence-electron chi connectivity index (χ1n) is 27.6. The van der Waals surface area contributed by atoms with E-state index in [1.165, 1.54) is 60.2 Å². The van der Waals surface area contributed by atoms with E-state index >= 15 is 0 Å². The minimum absolute atomic E-state index is 0.0544. The number of alkyl carbamates (subject to hydrolysis) is 1. The monoisotopic (exact) mass is 1250 g/mol. The number of carbonyl (C=O) groups excluding carboxylic acids is 6. The molecule has 0 spiro atoms. The van der Waals surface area contributed by atoms with Crippen LogP contribution in [-0.2, 0) is 49.3 Å². The molecule has 5 amide bonds.